The smallest absolute Gasteiger partial charge is 0.339 e. The number of esters is 1. The van der Waals surface area contributed by atoms with Crippen LogP contribution in [0, 0.1) is 11.6 Å². The fraction of sp³-hybridized carbons (Fsp3) is 0.0714. The van der Waals surface area contributed by atoms with Gasteiger partial charge in [-0.15, -0.1) is 0 Å². The Morgan fingerprint density at radius 2 is 1.74 bits per heavy atom. The Hall–Kier alpha value is -2.00. The van der Waals surface area contributed by atoms with Gasteiger partial charge in [-0.3, -0.25) is 4.72 Å². The number of anilines is 1. The van der Waals surface area contributed by atoms with E-state index in [2.05, 4.69) is 20.7 Å². The van der Waals surface area contributed by atoms with Crippen molar-refractivity contribution in [1.29, 1.82) is 0 Å². The van der Waals surface area contributed by atoms with Gasteiger partial charge in [0.05, 0.1) is 23.3 Å². The van der Waals surface area contributed by atoms with Crippen molar-refractivity contribution >= 4 is 37.6 Å². The van der Waals surface area contributed by atoms with Crippen molar-refractivity contribution < 1.29 is 26.7 Å². The maximum Gasteiger partial charge on any atom is 0.339 e. The van der Waals surface area contributed by atoms with Crippen LogP contribution in [-0.2, 0) is 14.8 Å². The molecule has 0 saturated heterocycles. The zero-order chi connectivity index (χ0) is 17.2. The summed E-state index contributed by atoms with van der Waals surface area (Å²) < 4.78 is 57.8. The largest absolute Gasteiger partial charge is 0.465 e. The molecule has 1 N–H and O–H groups in total. The number of halogens is 3. The van der Waals surface area contributed by atoms with E-state index in [4.69, 9.17) is 0 Å². The summed E-state index contributed by atoms with van der Waals surface area (Å²) in [6.07, 6.45) is 0. The Bertz CT molecular complexity index is 851. The number of methoxy groups -OCH3 is 1. The van der Waals surface area contributed by atoms with Crippen LogP contribution in [0.2, 0.25) is 0 Å². The Balaban J connectivity index is 2.41. The standard InChI is InChI=1S/C14H10BrF2NO4S/c1-22-14(19)12-7-11(2-3-13(12)15)23(20,21)18-10-5-8(16)4-9(17)6-10/h2-7,18H,1H3. The zero-order valence-corrected chi connectivity index (χ0v) is 14.0. The van der Waals surface area contributed by atoms with Crippen LogP contribution in [0.1, 0.15) is 10.4 Å². The predicted molar refractivity (Wildman–Crippen MR) is 82.6 cm³/mol. The first kappa shape index (κ1) is 17.4. The van der Waals surface area contributed by atoms with E-state index in [0.717, 1.165) is 25.3 Å². The average molecular weight is 406 g/mol. The topological polar surface area (TPSA) is 72.5 Å². The Labute approximate surface area is 139 Å². The Kier molecular flexibility index (Phi) is 5.00. The molecule has 2 aromatic carbocycles. The van der Waals surface area contributed by atoms with E-state index in [1.54, 1.807) is 0 Å². The van der Waals surface area contributed by atoms with E-state index in [9.17, 15) is 22.0 Å². The summed E-state index contributed by atoms with van der Waals surface area (Å²) in [5.41, 5.74) is -0.272. The maximum absolute atomic E-state index is 13.1. The van der Waals surface area contributed by atoms with Crippen molar-refractivity contribution in [3.05, 3.63) is 58.1 Å². The molecule has 0 unspecified atom stereocenters. The fourth-order valence-electron chi connectivity index (χ4n) is 1.76. The summed E-state index contributed by atoms with van der Waals surface area (Å²) in [6.45, 7) is 0. The average Bonchev–Trinajstić information content (AvgIpc) is 2.45. The second-order valence-corrected chi connectivity index (χ2v) is 6.93. The second-order valence-electron chi connectivity index (χ2n) is 4.40. The van der Waals surface area contributed by atoms with Crippen LogP contribution in [0.4, 0.5) is 14.5 Å². The third kappa shape index (κ3) is 4.05. The minimum atomic E-state index is -4.14. The molecule has 0 aliphatic rings. The summed E-state index contributed by atoms with van der Waals surface area (Å²) in [5, 5.41) is 0. The number of benzene rings is 2. The van der Waals surface area contributed by atoms with E-state index >= 15 is 0 Å². The maximum atomic E-state index is 13.1. The van der Waals surface area contributed by atoms with Gasteiger partial charge in [-0.2, -0.15) is 0 Å². The quantitative estimate of drug-likeness (QED) is 0.791. The van der Waals surface area contributed by atoms with Crippen LogP contribution in [0.5, 0.6) is 0 Å². The van der Waals surface area contributed by atoms with Crippen molar-refractivity contribution in [1.82, 2.24) is 0 Å². The third-order valence-corrected chi connectivity index (χ3v) is 4.84. The fourth-order valence-corrected chi connectivity index (χ4v) is 3.24. The van der Waals surface area contributed by atoms with Crippen molar-refractivity contribution in [2.45, 2.75) is 4.90 Å². The van der Waals surface area contributed by atoms with Gasteiger partial charge in [0.15, 0.2) is 0 Å². The molecule has 0 heterocycles. The monoisotopic (exact) mass is 405 g/mol. The molecule has 0 aromatic heterocycles. The molecule has 0 saturated carbocycles. The lowest BCUT2D eigenvalue weighted by molar-refractivity contribution is 0.0599. The van der Waals surface area contributed by atoms with Crippen molar-refractivity contribution in [3.63, 3.8) is 0 Å². The highest BCUT2D eigenvalue weighted by molar-refractivity contribution is 9.10. The number of carbonyl (C=O) groups is 1. The molecule has 0 fully saturated rings. The van der Waals surface area contributed by atoms with Crippen molar-refractivity contribution in [3.8, 4) is 0 Å². The molecular formula is C14H10BrF2NO4S. The van der Waals surface area contributed by atoms with Crippen molar-refractivity contribution in [2.24, 2.45) is 0 Å². The molecular weight excluding hydrogens is 396 g/mol. The van der Waals surface area contributed by atoms with Gasteiger partial charge in [0.2, 0.25) is 0 Å². The summed E-state index contributed by atoms with van der Waals surface area (Å²) >= 11 is 3.11. The molecule has 0 aliphatic carbocycles. The number of nitrogens with one attached hydrogen (secondary N) is 1. The normalized spacial score (nSPS) is 11.1. The van der Waals surface area contributed by atoms with Crippen LogP contribution < -0.4 is 4.72 Å². The highest BCUT2D eigenvalue weighted by Crippen LogP contribution is 2.24. The number of ether oxygens (including phenoxy) is 1. The molecule has 5 nitrogen and oxygen atoms in total. The number of carbonyl (C=O) groups excluding carboxylic acids is 1. The van der Waals surface area contributed by atoms with Crippen LogP contribution in [0.25, 0.3) is 0 Å². The summed E-state index contributed by atoms with van der Waals surface area (Å²) in [6, 6.07) is 5.96. The summed E-state index contributed by atoms with van der Waals surface area (Å²) in [4.78, 5) is 11.3. The lowest BCUT2D eigenvalue weighted by atomic mass is 10.2. The summed E-state index contributed by atoms with van der Waals surface area (Å²) in [5.74, 6) is -2.58. The molecule has 0 spiro atoms. The van der Waals surface area contributed by atoms with Gasteiger partial charge in [0, 0.05) is 10.5 Å². The SMILES string of the molecule is COC(=O)c1cc(S(=O)(=O)Nc2cc(F)cc(F)c2)ccc1Br. The predicted octanol–water partition coefficient (Wildman–Crippen LogP) is 3.31. The first-order valence-electron chi connectivity index (χ1n) is 6.10. The molecule has 0 bridgehead atoms. The first-order chi connectivity index (χ1) is 10.7. The van der Waals surface area contributed by atoms with Gasteiger partial charge in [-0.1, -0.05) is 0 Å². The van der Waals surface area contributed by atoms with Crippen LogP contribution in [0.3, 0.4) is 0 Å². The number of hydrogen-bond acceptors (Lipinski definition) is 4. The lowest BCUT2D eigenvalue weighted by Crippen LogP contribution is -2.14. The second kappa shape index (κ2) is 6.63. The number of sulfonamides is 1. The lowest BCUT2D eigenvalue weighted by Gasteiger charge is -2.10. The number of rotatable bonds is 4. The molecule has 0 radical (unpaired) electrons. The Morgan fingerprint density at radius 3 is 2.30 bits per heavy atom. The molecule has 0 atom stereocenters. The van der Waals surface area contributed by atoms with Crippen molar-refractivity contribution in [2.75, 3.05) is 11.8 Å². The van der Waals surface area contributed by atoms with Gasteiger partial charge in [-0.05, 0) is 46.3 Å². The van der Waals surface area contributed by atoms with Crippen LogP contribution >= 0.6 is 15.9 Å². The molecule has 2 rings (SSSR count). The van der Waals surface area contributed by atoms with Crippen LogP contribution in [0.15, 0.2) is 45.8 Å². The molecule has 23 heavy (non-hydrogen) atoms. The van der Waals surface area contributed by atoms with E-state index in [-0.39, 0.29) is 16.1 Å². The van der Waals surface area contributed by atoms with E-state index < -0.39 is 27.6 Å². The van der Waals surface area contributed by atoms with Gasteiger partial charge < -0.3 is 4.74 Å². The molecule has 0 aliphatic heterocycles. The van der Waals surface area contributed by atoms with Gasteiger partial charge >= 0.3 is 5.97 Å². The highest BCUT2D eigenvalue weighted by Gasteiger charge is 2.19. The minimum absolute atomic E-state index is 0.000739. The van der Waals surface area contributed by atoms with Gasteiger partial charge in [-0.25, -0.2) is 22.0 Å². The number of hydrogen-bond donors (Lipinski definition) is 1. The zero-order valence-electron chi connectivity index (χ0n) is 11.6. The molecule has 2 aromatic rings. The summed E-state index contributed by atoms with van der Waals surface area (Å²) in [7, 11) is -2.98. The Morgan fingerprint density at radius 1 is 1.13 bits per heavy atom. The van der Waals surface area contributed by atoms with E-state index in [0.29, 0.717) is 10.5 Å². The third-order valence-electron chi connectivity index (χ3n) is 2.77. The molecule has 0 amide bonds. The van der Waals surface area contributed by atoms with E-state index in [1.807, 2.05) is 4.72 Å². The first-order valence-corrected chi connectivity index (χ1v) is 8.37. The van der Waals surface area contributed by atoms with E-state index in [1.165, 1.54) is 12.1 Å². The van der Waals surface area contributed by atoms with Crippen LogP contribution in [-0.4, -0.2) is 21.5 Å². The molecule has 122 valence electrons. The highest BCUT2D eigenvalue weighted by atomic mass is 79.9. The molecule has 9 heteroatoms. The minimum Gasteiger partial charge on any atom is -0.465 e. The van der Waals surface area contributed by atoms with Gasteiger partial charge in [0.1, 0.15) is 11.6 Å². The van der Waals surface area contributed by atoms with Gasteiger partial charge in [0.25, 0.3) is 10.0 Å².